The maximum absolute atomic E-state index is 12.6. The van der Waals surface area contributed by atoms with Crippen LogP contribution in [0.3, 0.4) is 0 Å². The normalized spacial score (nSPS) is 13.2. The van der Waals surface area contributed by atoms with Crippen LogP contribution in [0.15, 0.2) is 48.8 Å². The molecule has 6 amide bonds. The molecular formula is C33H43N7O10S. The monoisotopic (exact) mass is 729 g/mol. The molecule has 0 spiro atoms. The van der Waals surface area contributed by atoms with Gasteiger partial charge in [0.2, 0.25) is 23.6 Å². The van der Waals surface area contributed by atoms with Crippen LogP contribution < -0.4 is 21.3 Å². The van der Waals surface area contributed by atoms with Gasteiger partial charge in [-0.25, -0.2) is 0 Å². The van der Waals surface area contributed by atoms with Crippen LogP contribution in [0.25, 0.3) is 11.4 Å². The molecule has 0 radical (unpaired) electrons. The van der Waals surface area contributed by atoms with Crippen molar-refractivity contribution in [3.63, 3.8) is 0 Å². The summed E-state index contributed by atoms with van der Waals surface area (Å²) in [5.41, 5.74) is 2.83. The number of pyridine rings is 2. The number of aryl methyl sites for hydroxylation is 1. The van der Waals surface area contributed by atoms with Gasteiger partial charge < -0.3 is 26.0 Å². The largest absolute Gasteiger partial charge is 0.378 e. The van der Waals surface area contributed by atoms with Crippen LogP contribution in [0.1, 0.15) is 50.5 Å². The van der Waals surface area contributed by atoms with Gasteiger partial charge in [-0.3, -0.25) is 48.2 Å². The molecule has 3 heterocycles. The molecule has 0 bridgehead atoms. The first-order valence-electron chi connectivity index (χ1n) is 16.4. The Morgan fingerprint density at radius 3 is 2.14 bits per heavy atom. The van der Waals surface area contributed by atoms with Crippen molar-refractivity contribution in [3.8, 4) is 11.4 Å². The Morgan fingerprint density at radius 1 is 0.824 bits per heavy atom. The second-order valence-electron chi connectivity index (χ2n) is 11.6. The quantitative estimate of drug-likeness (QED) is 0.0638. The van der Waals surface area contributed by atoms with Crippen molar-refractivity contribution in [2.75, 3.05) is 43.9 Å². The summed E-state index contributed by atoms with van der Waals surface area (Å²) in [7, 11) is -4.61. The fraction of sp³-hybridized carbons (Fsp3) is 0.455. The van der Waals surface area contributed by atoms with E-state index in [1.807, 2.05) is 19.1 Å². The first-order valence-corrected chi connectivity index (χ1v) is 18.0. The molecule has 5 N–H and O–H groups in total. The Morgan fingerprint density at radius 2 is 1.45 bits per heavy atom. The van der Waals surface area contributed by atoms with Crippen LogP contribution in [0, 0.1) is 6.92 Å². The number of nitrogens with zero attached hydrogens (tertiary/aromatic N) is 3. The molecule has 1 atom stereocenters. The van der Waals surface area contributed by atoms with Gasteiger partial charge in [0.25, 0.3) is 21.9 Å². The SMILES string of the molecule is Cc1ccnc(-c2cc(NC(=O)CCCCC(=O)NC(CS(=O)(=O)O)C(=O)NCCCCC(=O)NCCOCCN3C(=O)C=CC3=O)ccn2)c1. The van der Waals surface area contributed by atoms with Crippen molar-refractivity contribution < 1.29 is 46.5 Å². The van der Waals surface area contributed by atoms with E-state index < -0.39 is 45.5 Å². The third kappa shape index (κ3) is 15.6. The van der Waals surface area contributed by atoms with E-state index in [-0.39, 0.29) is 70.3 Å². The number of nitrogens with one attached hydrogen (secondary N) is 4. The van der Waals surface area contributed by atoms with E-state index in [1.54, 1.807) is 24.5 Å². The van der Waals surface area contributed by atoms with Gasteiger partial charge in [-0.05, 0) is 62.4 Å². The van der Waals surface area contributed by atoms with Gasteiger partial charge in [-0.1, -0.05) is 0 Å². The number of anilines is 1. The summed E-state index contributed by atoms with van der Waals surface area (Å²) in [6, 6.07) is 5.56. The molecule has 0 fully saturated rings. The van der Waals surface area contributed by atoms with Gasteiger partial charge in [0, 0.05) is 62.6 Å². The van der Waals surface area contributed by atoms with E-state index >= 15 is 0 Å². The Kier molecular flexibility index (Phi) is 16.3. The maximum Gasteiger partial charge on any atom is 0.267 e. The van der Waals surface area contributed by atoms with E-state index in [9.17, 15) is 41.7 Å². The number of hydrogen-bond donors (Lipinski definition) is 5. The number of hydrogen-bond acceptors (Lipinski definition) is 11. The van der Waals surface area contributed by atoms with Gasteiger partial charge in [0.05, 0.1) is 31.1 Å². The molecule has 18 heteroatoms. The van der Waals surface area contributed by atoms with Crippen molar-refractivity contribution in [1.29, 1.82) is 0 Å². The number of ether oxygens (including phenoxy) is 1. The highest BCUT2D eigenvalue weighted by atomic mass is 32.2. The number of carbonyl (C=O) groups excluding carboxylic acids is 6. The molecular weight excluding hydrogens is 686 g/mol. The minimum Gasteiger partial charge on any atom is -0.378 e. The highest BCUT2D eigenvalue weighted by molar-refractivity contribution is 7.85. The van der Waals surface area contributed by atoms with Gasteiger partial charge in [0.15, 0.2) is 0 Å². The first kappa shape index (κ1) is 40.4. The van der Waals surface area contributed by atoms with Gasteiger partial charge in [0.1, 0.15) is 11.8 Å². The number of aromatic nitrogens is 2. The van der Waals surface area contributed by atoms with Crippen LogP contribution >= 0.6 is 0 Å². The van der Waals surface area contributed by atoms with Crippen molar-refractivity contribution in [3.05, 3.63) is 54.4 Å². The molecule has 1 unspecified atom stereocenters. The van der Waals surface area contributed by atoms with Crippen molar-refractivity contribution >= 4 is 51.2 Å². The minimum absolute atomic E-state index is 0.0869. The third-order valence-electron chi connectivity index (χ3n) is 7.37. The molecule has 3 rings (SSSR count). The summed E-state index contributed by atoms with van der Waals surface area (Å²) in [5, 5.41) is 10.3. The lowest BCUT2D eigenvalue weighted by Gasteiger charge is -2.17. The summed E-state index contributed by atoms with van der Waals surface area (Å²) in [5.74, 6) is -3.79. The highest BCUT2D eigenvalue weighted by Crippen LogP contribution is 2.19. The van der Waals surface area contributed by atoms with Crippen LogP contribution in [0.4, 0.5) is 5.69 Å². The summed E-state index contributed by atoms with van der Waals surface area (Å²) in [6.07, 6.45) is 7.17. The molecule has 1 aliphatic rings. The molecule has 0 saturated heterocycles. The molecule has 2 aromatic heterocycles. The molecule has 0 aromatic carbocycles. The van der Waals surface area contributed by atoms with E-state index in [2.05, 4.69) is 31.2 Å². The first-order chi connectivity index (χ1) is 24.3. The van der Waals surface area contributed by atoms with Crippen LogP contribution in [0.5, 0.6) is 0 Å². The fourth-order valence-electron chi connectivity index (χ4n) is 4.79. The van der Waals surface area contributed by atoms with Crippen LogP contribution in [-0.2, 0) is 43.6 Å². The fourth-order valence-corrected chi connectivity index (χ4v) is 5.44. The molecule has 1 aliphatic heterocycles. The van der Waals surface area contributed by atoms with Crippen LogP contribution in [0.2, 0.25) is 0 Å². The Hall–Kier alpha value is -5.07. The summed E-state index contributed by atoms with van der Waals surface area (Å²) in [4.78, 5) is 82.2. The molecule has 276 valence electrons. The number of imide groups is 1. The molecule has 0 saturated carbocycles. The second kappa shape index (κ2) is 20.6. The summed E-state index contributed by atoms with van der Waals surface area (Å²) < 4.78 is 37.6. The summed E-state index contributed by atoms with van der Waals surface area (Å²) >= 11 is 0. The Balaban J connectivity index is 1.28. The average Bonchev–Trinajstić information content (AvgIpc) is 3.39. The number of amides is 6. The number of unbranched alkanes of at least 4 members (excludes halogenated alkanes) is 2. The maximum atomic E-state index is 12.6. The molecule has 2 aromatic rings. The van der Waals surface area contributed by atoms with E-state index in [1.165, 1.54) is 12.2 Å². The van der Waals surface area contributed by atoms with E-state index in [0.29, 0.717) is 36.3 Å². The zero-order valence-electron chi connectivity index (χ0n) is 28.3. The lowest BCUT2D eigenvalue weighted by molar-refractivity contribution is -0.137. The van der Waals surface area contributed by atoms with E-state index in [4.69, 9.17) is 4.74 Å². The van der Waals surface area contributed by atoms with Crippen molar-refractivity contribution in [2.45, 2.75) is 57.9 Å². The zero-order chi connectivity index (χ0) is 37.2. The third-order valence-corrected chi connectivity index (χ3v) is 8.12. The smallest absolute Gasteiger partial charge is 0.267 e. The second-order valence-corrected chi connectivity index (χ2v) is 13.1. The van der Waals surface area contributed by atoms with Crippen molar-refractivity contribution in [1.82, 2.24) is 30.8 Å². The lowest BCUT2D eigenvalue weighted by atomic mass is 10.1. The van der Waals surface area contributed by atoms with Crippen LogP contribution in [-0.4, -0.2) is 108 Å². The van der Waals surface area contributed by atoms with Gasteiger partial charge in [-0.15, -0.1) is 0 Å². The number of carbonyl (C=O) groups is 6. The zero-order valence-corrected chi connectivity index (χ0v) is 29.1. The van der Waals surface area contributed by atoms with Crippen molar-refractivity contribution in [2.24, 2.45) is 0 Å². The highest BCUT2D eigenvalue weighted by Gasteiger charge is 2.26. The molecule has 51 heavy (non-hydrogen) atoms. The topological polar surface area (TPSA) is 243 Å². The minimum atomic E-state index is -4.61. The predicted molar refractivity (Wildman–Crippen MR) is 184 cm³/mol. The average molecular weight is 730 g/mol. The standard InChI is InChI=1S/C33H43N7O10S/c1-23-11-14-34-25(20-23)26-21-24(12-15-35-26)38-29(42)7-2-3-8-30(43)39-27(22-51(47,48)49)33(46)37-13-5-4-6-28(41)36-16-18-50-19-17-40-31(44)9-10-32(40)45/h9-12,14-15,20-21,27H,2-8,13,16-19,22H2,1H3,(H,36,41)(H,37,46)(H,39,43)(H,35,38,42)(H,47,48,49). The molecule has 0 aliphatic carbocycles. The van der Waals surface area contributed by atoms with Gasteiger partial charge in [-0.2, -0.15) is 8.42 Å². The molecule has 17 nitrogen and oxygen atoms in total. The van der Waals surface area contributed by atoms with Gasteiger partial charge >= 0.3 is 0 Å². The van der Waals surface area contributed by atoms with E-state index in [0.717, 1.165) is 10.5 Å². The Labute approximate surface area is 295 Å². The lowest BCUT2D eigenvalue weighted by Crippen LogP contribution is -2.50. The number of rotatable bonds is 22. The Bertz CT molecular complexity index is 1680. The predicted octanol–water partition coefficient (Wildman–Crippen LogP) is 0.668. The summed E-state index contributed by atoms with van der Waals surface area (Å²) in [6.45, 7) is 2.68.